The van der Waals surface area contributed by atoms with Crippen LogP contribution in [0.15, 0.2) is 0 Å². The third kappa shape index (κ3) is 15.5. The Balaban J connectivity index is 2.02. The maximum Gasteiger partial charge on any atom is 0.470 e. The zero-order valence-corrected chi connectivity index (χ0v) is 20.4. The van der Waals surface area contributed by atoms with Crippen LogP contribution in [0.1, 0.15) is 116 Å². The maximum absolute atomic E-state index is 11.3. The summed E-state index contributed by atoms with van der Waals surface area (Å²) >= 11 is 0. The van der Waals surface area contributed by atoms with Gasteiger partial charge < -0.3 is 14.3 Å². The van der Waals surface area contributed by atoms with Gasteiger partial charge in [0, 0.05) is 12.8 Å². The van der Waals surface area contributed by atoms with Crippen molar-refractivity contribution in [3.63, 3.8) is 0 Å². The number of hydrogen-bond acceptors (Lipinski definition) is 2. The van der Waals surface area contributed by atoms with Gasteiger partial charge in [0.25, 0.3) is 0 Å². The van der Waals surface area contributed by atoms with E-state index in [4.69, 9.17) is 4.52 Å². The van der Waals surface area contributed by atoms with Crippen molar-refractivity contribution < 1.29 is 23.4 Å². The van der Waals surface area contributed by atoms with Gasteiger partial charge in [0.05, 0.1) is 20.1 Å². The third-order valence-corrected chi connectivity index (χ3v) is 6.95. The minimum atomic E-state index is -4.42. The molecular formula is C23H49NO4P+. The summed E-state index contributed by atoms with van der Waals surface area (Å²) in [5.74, 6) is 0. The first-order valence-corrected chi connectivity index (χ1v) is 13.8. The van der Waals surface area contributed by atoms with Gasteiger partial charge in [-0.2, -0.15) is 0 Å². The zero-order chi connectivity index (χ0) is 21.6. The quantitative estimate of drug-likeness (QED) is 0.129. The molecule has 1 aliphatic carbocycles. The molecule has 0 aliphatic heterocycles. The van der Waals surface area contributed by atoms with E-state index in [2.05, 4.69) is 21.0 Å². The van der Waals surface area contributed by atoms with E-state index < -0.39 is 7.82 Å². The Morgan fingerprint density at radius 1 is 0.828 bits per heavy atom. The van der Waals surface area contributed by atoms with Crippen LogP contribution in [0, 0.1) is 0 Å². The molecule has 5 nitrogen and oxygen atoms in total. The molecule has 0 spiro atoms. The number of rotatable bonds is 20. The predicted molar refractivity (Wildman–Crippen MR) is 122 cm³/mol. The van der Waals surface area contributed by atoms with Gasteiger partial charge in [-0.15, -0.1) is 0 Å². The molecule has 0 aromatic heterocycles. The van der Waals surface area contributed by atoms with Gasteiger partial charge in [0.15, 0.2) is 0 Å². The molecule has 1 rings (SSSR count). The highest BCUT2D eigenvalue weighted by atomic mass is 31.2. The minimum absolute atomic E-state index is 0.344. The standard InChI is InChI=1S/C23H48NO4P/c1-4-5-6-7-8-9-10-11-12-13-14-15-16-17-18-23(28-29(25,26)27)21-24(2,3)22-19-20-22/h22-23H,4-21H2,1-3H3,(H-,25,26,27)/p+1. The van der Waals surface area contributed by atoms with Crippen LogP contribution < -0.4 is 0 Å². The van der Waals surface area contributed by atoms with E-state index in [1.54, 1.807) is 0 Å². The second-order valence-corrected chi connectivity index (χ2v) is 11.0. The molecule has 2 N–H and O–H groups in total. The smallest absolute Gasteiger partial charge is 0.324 e. The lowest BCUT2D eigenvalue weighted by atomic mass is 10.0. The van der Waals surface area contributed by atoms with E-state index in [1.165, 1.54) is 89.9 Å². The number of nitrogens with zero attached hydrogens (tertiary/aromatic N) is 1. The van der Waals surface area contributed by atoms with Crippen LogP contribution in [-0.2, 0) is 9.09 Å². The number of likely N-dealkylation sites (N-methyl/N-ethyl adjacent to an activating group) is 1. The Morgan fingerprint density at radius 2 is 1.24 bits per heavy atom. The SMILES string of the molecule is CCCCCCCCCCCCCCCCC(C[N+](C)(C)C1CC1)OP(=O)(O)O. The lowest BCUT2D eigenvalue weighted by Gasteiger charge is -2.33. The highest BCUT2D eigenvalue weighted by molar-refractivity contribution is 7.46. The van der Waals surface area contributed by atoms with E-state index in [0.29, 0.717) is 12.6 Å². The first kappa shape index (κ1) is 27.1. The Bertz CT molecular complexity index is 448. The van der Waals surface area contributed by atoms with Crippen LogP contribution in [0.5, 0.6) is 0 Å². The topological polar surface area (TPSA) is 66.8 Å². The average Bonchev–Trinajstić information content (AvgIpc) is 3.46. The Hall–Kier alpha value is 0.0700. The van der Waals surface area contributed by atoms with Crippen molar-refractivity contribution in [3.05, 3.63) is 0 Å². The van der Waals surface area contributed by atoms with Crippen molar-refractivity contribution in [3.8, 4) is 0 Å². The molecule has 1 fully saturated rings. The molecule has 0 heterocycles. The van der Waals surface area contributed by atoms with Crippen molar-refractivity contribution in [1.29, 1.82) is 0 Å². The maximum atomic E-state index is 11.3. The first-order valence-electron chi connectivity index (χ1n) is 12.3. The average molecular weight is 435 g/mol. The van der Waals surface area contributed by atoms with E-state index >= 15 is 0 Å². The van der Waals surface area contributed by atoms with Crippen LogP contribution in [-0.4, -0.2) is 47.1 Å². The molecule has 6 heteroatoms. The Morgan fingerprint density at radius 3 is 1.62 bits per heavy atom. The summed E-state index contributed by atoms with van der Waals surface area (Å²) in [6.45, 7) is 2.96. The van der Waals surface area contributed by atoms with Crippen LogP contribution >= 0.6 is 7.82 Å². The van der Waals surface area contributed by atoms with Crippen molar-refractivity contribution in [2.75, 3.05) is 20.6 Å². The summed E-state index contributed by atoms with van der Waals surface area (Å²) in [5, 5.41) is 0. The number of phosphoric acid groups is 1. The fourth-order valence-corrected chi connectivity index (χ4v) is 4.95. The number of hydrogen-bond donors (Lipinski definition) is 2. The van der Waals surface area contributed by atoms with Gasteiger partial charge in [-0.05, 0) is 6.42 Å². The van der Waals surface area contributed by atoms with Crippen LogP contribution in [0.3, 0.4) is 0 Å². The first-order chi connectivity index (χ1) is 13.7. The minimum Gasteiger partial charge on any atom is -0.324 e. The largest absolute Gasteiger partial charge is 0.470 e. The molecule has 1 saturated carbocycles. The molecule has 29 heavy (non-hydrogen) atoms. The van der Waals surface area contributed by atoms with Gasteiger partial charge in [-0.3, -0.25) is 4.52 Å². The second kappa shape index (κ2) is 15.0. The normalized spacial score (nSPS) is 16.3. The summed E-state index contributed by atoms with van der Waals surface area (Å²) in [7, 11) is -0.113. The fraction of sp³-hybridized carbons (Fsp3) is 1.00. The van der Waals surface area contributed by atoms with E-state index in [9.17, 15) is 14.4 Å². The van der Waals surface area contributed by atoms with Crippen molar-refractivity contribution in [1.82, 2.24) is 0 Å². The molecular weight excluding hydrogens is 385 g/mol. The number of unbranched alkanes of at least 4 members (excludes halogenated alkanes) is 13. The molecule has 1 unspecified atom stereocenters. The van der Waals surface area contributed by atoms with Gasteiger partial charge in [0.2, 0.25) is 0 Å². The summed E-state index contributed by atoms with van der Waals surface area (Å²) in [4.78, 5) is 18.5. The fourth-order valence-electron chi connectivity index (χ4n) is 4.39. The number of phosphoric ester groups is 1. The van der Waals surface area contributed by atoms with Gasteiger partial charge in [-0.25, -0.2) is 4.57 Å². The molecule has 0 amide bonds. The van der Waals surface area contributed by atoms with Gasteiger partial charge in [-0.1, -0.05) is 96.8 Å². The van der Waals surface area contributed by atoms with Crippen molar-refractivity contribution >= 4 is 7.82 Å². The summed E-state index contributed by atoms with van der Waals surface area (Å²) < 4.78 is 17.3. The molecule has 0 bridgehead atoms. The third-order valence-electron chi connectivity index (χ3n) is 6.38. The Labute approximate surface area is 180 Å². The summed E-state index contributed by atoms with van der Waals surface area (Å²) in [6.07, 6.45) is 21.3. The van der Waals surface area contributed by atoms with E-state index in [-0.39, 0.29) is 6.10 Å². The van der Waals surface area contributed by atoms with Crippen LogP contribution in [0.25, 0.3) is 0 Å². The van der Waals surface area contributed by atoms with Crippen molar-refractivity contribution in [2.45, 2.75) is 128 Å². The molecule has 0 saturated heterocycles. The molecule has 174 valence electrons. The second-order valence-electron chi connectivity index (χ2n) is 9.80. The highest BCUT2D eigenvalue weighted by Gasteiger charge is 2.40. The predicted octanol–water partition coefficient (Wildman–Crippen LogP) is 6.57. The van der Waals surface area contributed by atoms with E-state index in [1.807, 2.05) is 0 Å². The van der Waals surface area contributed by atoms with Crippen LogP contribution in [0.4, 0.5) is 0 Å². The lowest BCUT2D eigenvalue weighted by molar-refractivity contribution is -0.903. The molecule has 0 aromatic carbocycles. The monoisotopic (exact) mass is 434 g/mol. The Kier molecular flexibility index (Phi) is 14.0. The summed E-state index contributed by atoms with van der Waals surface area (Å²) in [6, 6.07) is 0.634. The van der Waals surface area contributed by atoms with E-state index in [0.717, 1.165) is 23.7 Å². The van der Waals surface area contributed by atoms with Gasteiger partial charge in [0.1, 0.15) is 12.6 Å². The molecule has 1 atom stereocenters. The summed E-state index contributed by atoms with van der Waals surface area (Å²) in [5.41, 5.74) is 0. The lowest BCUT2D eigenvalue weighted by Crippen LogP contribution is -2.47. The van der Waals surface area contributed by atoms with Crippen molar-refractivity contribution in [2.24, 2.45) is 0 Å². The highest BCUT2D eigenvalue weighted by Crippen LogP contribution is 2.40. The number of quaternary nitrogens is 1. The van der Waals surface area contributed by atoms with Crippen LogP contribution in [0.2, 0.25) is 0 Å². The molecule has 1 aliphatic rings. The zero-order valence-electron chi connectivity index (χ0n) is 19.5. The molecule has 0 radical (unpaired) electrons. The molecule has 0 aromatic rings. The van der Waals surface area contributed by atoms with Gasteiger partial charge >= 0.3 is 7.82 Å².